The molecule has 3 aliphatic heterocycles. The minimum Gasteiger partial charge on any atom is -0.383 e. The Hall–Kier alpha value is -1.77. The van der Waals surface area contributed by atoms with Crippen molar-refractivity contribution in [3.63, 3.8) is 0 Å². The Morgan fingerprint density at radius 2 is 2.24 bits per heavy atom. The Kier molecular flexibility index (Phi) is 4.58. The molecule has 0 aromatic carbocycles. The van der Waals surface area contributed by atoms with Crippen LogP contribution in [0.25, 0.3) is 10.2 Å². The minimum atomic E-state index is -0.0782. The van der Waals surface area contributed by atoms with Gasteiger partial charge in [0.1, 0.15) is 10.5 Å². The van der Waals surface area contributed by atoms with Gasteiger partial charge >= 0.3 is 0 Å². The van der Waals surface area contributed by atoms with Crippen molar-refractivity contribution in [1.29, 1.82) is 0 Å². The van der Waals surface area contributed by atoms with E-state index in [1.165, 1.54) is 11.3 Å². The molecule has 1 amide bonds. The average molecular weight is 362 g/mol. The summed E-state index contributed by atoms with van der Waals surface area (Å²) in [5.41, 5.74) is 0.671. The van der Waals surface area contributed by atoms with Gasteiger partial charge in [-0.05, 0) is 24.3 Å². The zero-order valence-corrected chi connectivity index (χ0v) is 15.1. The molecule has 8 heteroatoms. The smallest absolute Gasteiger partial charge is 0.268 e. The van der Waals surface area contributed by atoms with Crippen molar-refractivity contribution in [3.05, 3.63) is 27.6 Å². The third kappa shape index (κ3) is 3.21. The summed E-state index contributed by atoms with van der Waals surface area (Å²) in [6.45, 7) is 3.33. The number of ether oxygens (including phenoxy) is 1. The van der Waals surface area contributed by atoms with E-state index >= 15 is 0 Å². The van der Waals surface area contributed by atoms with Crippen molar-refractivity contribution in [2.45, 2.75) is 25.4 Å². The average Bonchev–Trinajstić information content (AvgIpc) is 2.92. The Labute approximate surface area is 149 Å². The van der Waals surface area contributed by atoms with E-state index in [-0.39, 0.29) is 23.4 Å². The first-order valence-corrected chi connectivity index (χ1v) is 9.52. The van der Waals surface area contributed by atoms with Crippen LogP contribution in [0.5, 0.6) is 0 Å². The summed E-state index contributed by atoms with van der Waals surface area (Å²) >= 11 is 1.41. The predicted molar refractivity (Wildman–Crippen MR) is 95.6 cm³/mol. The first-order chi connectivity index (χ1) is 12.2. The van der Waals surface area contributed by atoms with Crippen LogP contribution in [-0.2, 0) is 16.1 Å². The van der Waals surface area contributed by atoms with Crippen LogP contribution >= 0.6 is 11.3 Å². The lowest BCUT2D eigenvalue weighted by Crippen LogP contribution is -2.49. The molecule has 7 nitrogen and oxygen atoms in total. The van der Waals surface area contributed by atoms with Gasteiger partial charge in [0.05, 0.1) is 24.6 Å². The van der Waals surface area contributed by atoms with Crippen LogP contribution in [0.4, 0.5) is 0 Å². The number of fused-ring (bicyclic) bond motifs is 5. The Bertz CT molecular complexity index is 833. The maximum absolute atomic E-state index is 12.7. The summed E-state index contributed by atoms with van der Waals surface area (Å²) in [6.07, 6.45) is 1.97. The fourth-order valence-corrected chi connectivity index (χ4v) is 4.68. The molecule has 3 saturated heterocycles. The van der Waals surface area contributed by atoms with Gasteiger partial charge in [0.2, 0.25) is 5.91 Å². The monoisotopic (exact) mass is 362 g/mol. The van der Waals surface area contributed by atoms with E-state index in [2.05, 4.69) is 14.9 Å². The van der Waals surface area contributed by atoms with Crippen LogP contribution in [0.1, 0.15) is 18.7 Å². The number of rotatable bonds is 5. The summed E-state index contributed by atoms with van der Waals surface area (Å²) in [5.74, 6) is 0.950. The topological polar surface area (TPSA) is 78.5 Å². The second-order valence-corrected chi connectivity index (χ2v) is 7.71. The number of carbonyl (C=O) groups is 1. The number of amides is 1. The number of piperidine rings is 1. The van der Waals surface area contributed by atoms with Crippen LogP contribution < -0.4 is 5.56 Å². The van der Waals surface area contributed by atoms with Gasteiger partial charge in [-0.1, -0.05) is 0 Å². The molecule has 1 N–H and O–H groups in total. The third-order valence-corrected chi connectivity index (χ3v) is 6.04. The third-order valence-electron chi connectivity index (χ3n) is 5.14. The van der Waals surface area contributed by atoms with E-state index in [1.807, 2.05) is 16.3 Å². The Morgan fingerprint density at radius 1 is 1.36 bits per heavy atom. The van der Waals surface area contributed by atoms with Crippen molar-refractivity contribution in [2.24, 2.45) is 5.92 Å². The maximum Gasteiger partial charge on any atom is 0.268 e. The number of H-pyrrole nitrogens is 1. The summed E-state index contributed by atoms with van der Waals surface area (Å²) < 4.78 is 5.82. The number of aromatic amines is 1. The minimum absolute atomic E-state index is 0.0345. The molecule has 0 spiro atoms. The van der Waals surface area contributed by atoms with Gasteiger partial charge in [-0.2, -0.15) is 0 Å². The van der Waals surface area contributed by atoms with Crippen LogP contribution in [-0.4, -0.2) is 65.1 Å². The molecule has 0 aliphatic carbocycles. The molecule has 5 heterocycles. The molecule has 2 bridgehead atoms. The highest BCUT2D eigenvalue weighted by Crippen LogP contribution is 2.29. The van der Waals surface area contributed by atoms with Gasteiger partial charge < -0.3 is 14.6 Å². The molecular weight excluding hydrogens is 340 g/mol. The van der Waals surface area contributed by atoms with E-state index in [4.69, 9.17) is 4.74 Å². The van der Waals surface area contributed by atoms with Gasteiger partial charge in [-0.15, -0.1) is 11.3 Å². The summed E-state index contributed by atoms with van der Waals surface area (Å²) in [7, 11) is 1.66. The van der Waals surface area contributed by atoms with E-state index in [0.717, 1.165) is 31.4 Å². The van der Waals surface area contributed by atoms with Crippen molar-refractivity contribution >= 4 is 27.5 Å². The SMILES string of the molecule is COCCN1C(=O)[C@H]2CC[C@@H]1CN(Cc1nc3ccsc3c(=O)[nH]1)C2. The predicted octanol–water partition coefficient (Wildman–Crippen LogP) is 1.05. The van der Waals surface area contributed by atoms with Gasteiger partial charge in [-0.3, -0.25) is 14.5 Å². The Morgan fingerprint density at radius 3 is 3.08 bits per heavy atom. The van der Waals surface area contributed by atoms with Crippen molar-refractivity contribution in [1.82, 2.24) is 19.8 Å². The van der Waals surface area contributed by atoms with Crippen molar-refractivity contribution in [3.8, 4) is 0 Å². The van der Waals surface area contributed by atoms with E-state index in [1.54, 1.807) is 7.11 Å². The van der Waals surface area contributed by atoms with Gasteiger partial charge in [0, 0.05) is 32.8 Å². The van der Waals surface area contributed by atoms with E-state index in [9.17, 15) is 9.59 Å². The fraction of sp³-hybridized carbons (Fsp3) is 0.588. The highest BCUT2D eigenvalue weighted by Gasteiger charge is 2.40. The normalized spacial score (nSPS) is 24.2. The number of hydrogen-bond acceptors (Lipinski definition) is 6. The molecule has 2 aromatic heterocycles. The zero-order valence-electron chi connectivity index (χ0n) is 14.2. The highest BCUT2D eigenvalue weighted by atomic mass is 32.1. The number of nitrogens with zero attached hydrogens (tertiary/aromatic N) is 3. The first-order valence-electron chi connectivity index (χ1n) is 8.64. The second-order valence-electron chi connectivity index (χ2n) is 6.79. The standard InChI is InChI=1S/C17H22N4O3S/c1-24-6-5-21-12-3-2-11(17(21)23)8-20(9-12)10-14-18-13-4-7-25-15(13)16(22)19-14/h4,7,11-12H,2-3,5-6,8-10H2,1H3,(H,18,19,22)/t11-,12+/m0/s1. The van der Waals surface area contributed by atoms with Crippen molar-refractivity contribution < 1.29 is 9.53 Å². The van der Waals surface area contributed by atoms with Crippen LogP contribution in [0.2, 0.25) is 0 Å². The first kappa shape index (κ1) is 16.7. The molecule has 0 unspecified atom stereocenters. The highest BCUT2D eigenvalue weighted by molar-refractivity contribution is 7.17. The van der Waals surface area contributed by atoms with Gasteiger partial charge in [0.15, 0.2) is 0 Å². The number of aromatic nitrogens is 2. The number of nitrogens with one attached hydrogen (secondary N) is 1. The molecule has 2 aromatic rings. The summed E-state index contributed by atoms with van der Waals surface area (Å²) in [5, 5.41) is 1.88. The summed E-state index contributed by atoms with van der Waals surface area (Å²) in [6, 6.07) is 2.10. The maximum atomic E-state index is 12.7. The van der Waals surface area contributed by atoms with Crippen LogP contribution in [0.15, 0.2) is 16.2 Å². The molecule has 3 fully saturated rings. The lowest BCUT2D eigenvalue weighted by molar-refractivity contribution is -0.140. The number of hydrogen-bond donors (Lipinski definition) is 1. The van der Waals surface area contributed by atoms with Gasteiger partial charge in [0.25, 0.3) is 5.56 Å². The fourth-order valence-electron chi connectivity index (χ4n) is 3.95. The molecule has 5 rings (SSSR count). The van der Waals surface area contributed by atoms with E-state index < -0.39 is 0 Å². The van der Waals surface area contributed by atoms with Crippen LogP contribution in [0, 0.1) is 5.92 Å². The molecule has 0 radical (unpaired) electrons. The lowest BCUT2D eigenvalue weighted by Gasteiger charge is -2.35. The summed E-state index contributed by atoms with van der Waals surface area (Å²) in [4.78, 5) is 36.5. The number of carbonyl (C=O) groups excluding carboxylic acids is 1. The molecule has 0 saturated carbocycles. The van der Waals surface area contributed by atoms with Crippen molar-refractivity contribution in [2.75, 3.05) is 33.4 Å². The number of thiophene rings is 1. The molecular formula is C17H22N4O3S. The quantitative estimate of drug-likeness (QED) is 0.860. The van der Waals surface area contributed by atoms with E-state index in [0.29, 0.717) is 30.2 Å². The molecule has 3 aliphatic rings. The van der Waals surface area contributed by atoms with Crippen LogP contribution in [0.3, 0.4) is 0 Å². The largest absolute Gasteiger partial charge is 0.383 e. The Balaban J connectivity index is 1.53. The molecule has 25 heavy (non-hydrogen) atoms. The zero-order chi connectivity index (χ0) is 17.4. The lowest BCUT2D eigenvalue weighted by atomic mass is 9.94. The molecule has 134 valence electrons. The molecule has 2 atom stereocenters. The second kappa shape index (κ2) is 6.86. The van der Waals surface area contributed by atoms with Gasteiger partial charge in [-0.25, -0.2) is 4.98 Å². The number of methoxy groups -OCH3 is 1.